The number of furan rings is 1. The Labute approximate surface area is 174 Å². The Balaban J connectivity index is 1.52. The summed E-state index contributed by atoms with van der Waals surface area (Å²) in [7, 11) is 0. The van der Waals surface area contributed by atoms with Crippen molar-refractivity contribution in [3.63, 3.8) is 0 Å². The lowest BCUT2D eigenvalue weighted by atomic mass is 10.1. The van der Waals surface area contributed by atoms with Crippen LogP contribution in [0.15, 0.2) is 52.9 Å². The Kier molecular flexibility index (Phi) is 5.16. The topological polar surface area (TPSA) is 60.1 Å². The lowest BCUT2D eigenvalue weighted by Gasteiger charge is -2.07. The molecule has 6 heteroatoms. The molecule has 2 aromatic carbocycles. The number of hydrogen-bond donors (Lipinski definition) is 1. The summed E-state index contributed by atoms with van der Waals surface area (Å²) < 4.78 is 7.73. The molecular formula is C23H22ClN3O2. The highest BCUT2D eigenvalue weighted by molar-refractivity contribution is 6.31. The summed E-state index contributed by atoms with van der Waals surface area (Å²) in [6.45, 7) is 6.95. The van der Waals surface area contributed by atoms with Crippen LogP contribution >= 0.6 is 11.6 Å². The van der Waals surface area contributed by atoms with E-state index in [1.54, 1.807) is 12.1 Å². The lowest BCUT2D eigenvalue weighted by Crippen LogP contribution is -2.23. The number of nitrogens with zero attached hydrogens (tertiary/aromatic N) is 2. The van der Waals surface area contributed by atoms with E-state index in [1.807, 2.05) is 49.7 Å². The molecule has 29 heavy (non-hydrogen) atoms. The lowest BCUT2D eigenvalue weighted by molar-refractivity contribution is 0.0924. The van der Waals surface area contributed by atoms with Crippen molar-refractivity contribution in [2.24, 2.45) is 0 Å². The van der Waals surface area contributed by atoms with Crippen LogP contribution < -0.4 is 5.32 Å². The highest BCUT2D eigenvalue weighted by Crippen LogP contribution is 2.28. The standard InChI is InChI=1S/C23H22ClN3O2/c1-14-19-11-18(24)9-10-21(19)29-22(14)23(28)25-12-20-15(2)26-27(16(20)3)13-17-7-5-4-6-8-17/h4-11H,12-13H2,1-3H3,(H,25,28). The Morgan fingerprint density at radius 2 is 1.90 bits per heavy atom. The van der Waals surface area contributed by atoms with E-state index in [4.69, 9.17) is 16.0 Å². The van der Waals surface area contributed by atoms with Crippen LogP contribution in [-0.2, 0) is 13.1 Å². The van der Waals surface area contributed by atoms with Crippen LogP contribution in [-0.4, -0.2) is 15.7 Å². The number of fused-ring (bicyclic) bond motifs is 1. The largest absolute Gasteiger partial charge is 0.451 e. The SMILES string of the molecule is Cc1nn(Cc2ccccc2)c(C)c1CNC(=O)c1oc2ccc(Cl)cc2c1C. The zero-order chi connectivity index (χ0) is 20.5. The van der Waals surface area contributed by atoms with Crippen LogP contribution in [0.2, 0.25) is 5.02 Å². The molecule has 2 aromatic heterocycles. The van der Waals surface area contributed by atoms with Crippen molar-refractivity contribution in [3.05, 3.63) is 87.4 Å². The van der Waals surface area contributed by atoms with E-state index in [9.17, 15) is 4.79 Å². The molecule has 0 aliphatic rings. The Hall–Kier alpha value is -3.05. The molecule has 4 aromatic rings. The molecule has 1 N–H and O–H groups in total. The molecule has 0 saturated heterocycles. The molecule has 2 heterocycles. The van der Waals surface area contributed by atoms with Gasteiger partial charge in [0.1, 0.15) is 5.58 Å². The van der Waals surface area contributed by atoms with Gasteiger partial charge in [-0.05, 0) is 44.5 Å². The Bertz CT molecular complexity index is 1190. The maximum absolute atomic E-state index is 12.7. The van der Waals surface area contributed by atoms with Gasteiger partial charge in [-0.25, -0.2) is 0 Å². The number of aryl methyl sites for hydroxylation is 2. The van der Waals surface area contributed by atoms with Crippen molar-refractivity contribution in [2.45, 2.75) is 33.9 Å². The molecule has 5 nitrogen and oxygen atoms in total. The van der Waals surface area contributed by atoms with Gasteiger partial charge in [0.15, 0.2) is 5.76 Å². The van der Waals surface area contributed by atoms with Gasteiger partial charge in [-0.15, -0.1) is 0 Å². The monoisotopic (exact) mass is 407 g/mol. The van der Waals surface area contributed by atoms with Crippen molar-refractivity contribution in [2.75, 3.05) is 0 Å². The van der Waals surface area contributed by atoms with E-state index in [0.29, 0.717) is 29.5 Å². The van der Waals surface area contributed by atoms with Crippen molar-refractivity contribution in [1.82, 2.24) is 15.1 Å². The molecule has 0 spiro atoms. The number of aromatic nitrogens is 2. The van der Waals surface area contributed by atoms with E-state index in [0.717, 1.165) is 27.9 Å². The first-order chi connectivity index (χ1) is 13.9. The normalized spacial score (nSPS) is 11.2. The second-order valence-corrected chi connectivity index (χ2v) is 7.61. The van der Waals surface area contributed by atoms with Crippen LogP contribution in [0.25, 0.3) is 11.0 Å². The minimum absolute atomic E-state index is 0.246. The van der Waals surface area contributed by atoms with Crippen molar-refractivity contribution >= 4 is 28.5 Å². The number of amides is 1. The average molecular weight is 408 g/mol. The fraction of sp³-hybridized carbons (Fsp3) is 0.217. The zero-order valence-electron chi connectivity index (χ0n) is 16.6. The summed E-state index contributed by atoms with van der Waals surface area (Å²) in [5.41, 5.74) is 5.59. The van der Waals surface area contributed by atoms with Crippen LogP contribution in [0.4, 0.5) is 0 Å². The molecule has 0 radical (unpaired) electrons. The van der Waals surface area contributed by atoms with Crippen LogP contribution in [0.1, 0.15) is 38.6 Å². The number of benzene rings is 2. The minimum Gasteiger partial charge on any atom is -0.451 e. The molecule has 0 saturated carbocycles. The number of halogens is 1. The van der Waals surface area contributed by atoms with E-state index in [2.05, 4.69) is 22.5 Å². The first kappa shape index (κ1) is 19.3. The van der Waals surface area contributed by atoms with Gasteiger partial charge >= 0.3 is 0 Å². The summed E-state index contributed by atoms with van der Waals surface area (Å²) in [6.07, 6.45) is 0. The molecule has 0 aliphatic heterocycles. The van der Waals surface area contributed by atoms with E-state index < -0.39 is 0 Å². The van der Waals surface area contributed by atoms with E-state index in [1.165, 1.54) is 5.56 Å². The number of carbonyl (C=O) groups excluding carboxylic acids is 1. The maximum atomic E-state index is 12.7. The molecule has 148 valence electrons. The zero-order valence-corrected chi connectivity index (χ0v) is 17.4. The predicted octanol–water partition coefficient (Wildman–Crippen LogP) is 5.19. The molecule has 1 amide bonds. The summed E-state index contributed by atoms with van der Waals surface area (Å²) >= 11 is 6.06. The summed E-state index contributed by atoms with van der Waals surface area (Å²) in [6, 6.07) is 15.5. The minimum atomic E-state index is -0.246. The first-order valence-corrected chi connectivity index (χ1v) is 9.85. The van der Waals surface area contributed by atoms with Crippen LogP contribution in [0.5, 0.6) is 0 Å². The van der Waals surface area contributed by atoms with Gasteiger partial charge in [0, 0.05) is 33.8 Å². The van der Waals surface area contributed by atoms with Crippen LogP contribution in [0, 0.1) is 20.8 Å². The molecular weight excluding hydrogens is 386 g/mol. The third kappa shape index (κ3) is 3.78. The number of hydrogen-bond acceptors (Lipinski definition) is 3. The van der Waals surface area contributed by atoms with Gasteiger partial charge in [-0.3, -0.25) is 9.48 Å². The summed E-state index contributed by atoms with van der Waals surface area (Å²) in [4.78, 5) is 12.7. The third-order valence-corrected chi connectivity index (χ3v) is 5.47. The smallest absolute Gasteiger partial charge is 0.287 e. The Morgan fingerprint density at radius 3 is 2.66 bits per heavy atom. The summed E-state index contributed by atoms with van der Waals surface area (Å²) in [5, 5.41) is 9.09. The van der Waals surface area contributed by atoms with Gasteiger partial charge in [0.25, 0.3) is 5.91 Å². The third-order valence-electron chi connectivity index (χ3n) is 5.24. The maximum Gasteiger partial charge on any atom is 0.287 e. The molecule has 0 unspecified atom stereocenters. The second kappa shape index (κ2) is 7.76. The fourth-order valence-electron chi connectivity index (χ4n) is 3.56. The number of nitrogens with one attached hydrogen (secondary N) is 1. The predicted molar refractivity (Wildman–Crippen MR) is 114 cm³/mol. The molecule has 0 atom stereocenters. The molecule has 0 bridgehead atoms. The van der Waals surface area contributed by atoms with Gasteiger partial charge < -0.3 is 9.73 Å². The van der Waals surface area contributed by atoms with Gasteiger partial charge in [-0.2, -0.15) is 5.10 Å². The number of rotatable bonds is 5. The first-order valence-electron chi connectivity index (χ1n) is 9.47. The summed E-state index contributed by atoms with van der Waals surface area (Å²) in [5.74, 6) is 0.0682. The highest BCUT2D eigenvalue weighted by atomic mass is 35.5. The van der Waals surface area contributed by atoms with Crippen molar-refractivity contribution < 1.29 is 9.21 Å². The number of carbonyl (C=O) groups is 1. The van der Waals surface area contributed by atoms with E-state index >= 15 is 0 Å². The molecule has 0 fully saturated rings. The second-order valence-electron chi connectivity index (χ2n) is 7.17. The van der Waals surface area contributed by atoms with Crippen LogP contribution in [0.3, 0.4) is 0 Å². The fourth-order valence-corrected chi connectivity index (χ4v) is 3.73. The molecule has 4 rings (SSSR count). The van der Waals surface area contributed by atoms with Gasteiger partial charge in [0.05, 0.1) is 12.2 Å². The van der Waals surface area contributed by atoms with Gasteiger partial charge in [0.2, 0.25) is 0 Å². The van der Waals surface area contributed by atoms with E-state index in [-0.39, 0.29) is 5.91 Å². The quantitative estimate of drug-likeness (QED) is 0.495. The Morgan fingerprint density at radius 1 is 1.14 bits per heavy atom. The van der Waals surface area contributed by atoms with Gasteiger partial charge in [-0.1, -0.05) is 41.9 Å². The van der Waals surface area contributed by atoms with Crippen molar-refractivity contribution in [1.29, 1.82) is 0 Å². The van der Waals surface area contributed by atoms with Crippen molar-refractivity contribution in [3.8, 4) is 0 Å². The highest BCUT2D eigenvalue weighted by Gasteiger charge is 2.19. The average Bonchev–Trinajstić information content (AvgIpc) is 3.17. The molecule has 0 aliphatic carbocycles.